The first-order chi connectivity index (χ1) is 5.25. The lowest BCUT2D eigenvalue weighted by Gasteiger charge is -2.14. The first-order valence-electron chi connectivity index (χ1n) is 3.62. The molecule has 1 N–H and O–H groups in total. The molecule has 1 aliphatic heterocycles. The van der Waals surface area contributed by atoms with Gasteiger partial charge in [-0.3, -0.25) is 4.99 Å². The second kappa shape index (κ2) is 2.19. The van der Waals surface area contributed by atoms with Crippen LogP contribution in [-0.2, 0) is 0 Å². The van der Waals surface area contributed by atoms with Crippen LogP contribution in [0.3, 0.4) is 0 Å². The van der Waals surface area contributed by atoms with Crippen LogP contribution in [0.25, 0.3) is 0 Å². The summed E-state index contributed by atoms with van der Waals surface area (Å²) >= 11 is 0. The molecule has 0 aromatic rings. The average Bonchev–Trinajstić information content (AvgIpc) is 2.27. The summed E-state index contributed by atoms with van der Waals surface area (Å²) in [5, 5.41) is 3.07. The highest BCUT2D eigenvalue weighted by Crippen LogP contribution is 2.18. The van der Waals surface area contributed by atoms with Gasteiger partial charge in [-0.05, 0) is 19.1 Å². The predicted octanol–water partition coefficient (Wildman–Crippen LogP) is 1.17. The van der Waals surface area contributed by atoms with Crippen molar-refractivity contribution in [2.24, 2.45) is 4.99 Å². The molecule has 2 rings (SSSR count). The molecule has 0 radical (unpaired) electrons. The van der Waals surface area contributed by atoms with Crippen LogP contribution in [0.15, 0.2) is 29.0 Å². The molecular weight excluding hydrogens is 143 g/mol. The standard InChI is InChI=1S/C8H9FN2/c1-5-10-7-3-2-6(9)4-8(7)11-5/h2-4,7-8H,1H3,(H,10,11). The summed E-state index contributed by atoms with van der Waals surface area (Å²) in [5.74, 6) is 0.708. The third-order valence-electron chi connectivity index (χ3n) is 1.88. The Morgan fingerprint density at radius 1 is 1.64 bits per heavy atom. The third kappa shape index (κ3) is 1.06. The van der Waals surface area contributed by atoms with Crippen LogP contribution in [-0.4, -0.2) is 17.9 Å². The summed E-state index contributed by atoms with van der Waals surface area (Å²) in [4.78, 5) is 4.25. The Morgan fingerprint density at radius 2 is 2.45 bits per heavy atom. The highest BCUT2D eigenvalue weighted by atomic mass is 19.1. The predicted molar refractivity (Wildman–Crippen MR) is 42.2 cm³/mol. The van der Waals surface area contributed by atoms with Gasteiger partial charge in [0.05, 0.1) is 17.9 Å². The van der Waals surface area contributed by atoms with Gasteiger partial charge in [-0.2, -0.15) is 0 Å². The number of halogens is 1. The van der Waals surface area contributed by atoms with Crippen LogP contribution in [0.2, 0.25) is 0 Å². The molecule has 1 heterocycles. The van der Waals surface area contributed by atoms with Gasteiger partial charge in [0.15, 0.2) is 0 Å². The Morgan fingerprint density at radius 3 is 3.27 bits per heavy atom. The Kier molecular flexibility index (Phi) is 1.31. The number of nitrogens with zero attached hydrogens (tertiary/aromatic N) is 1. The van der Waals surface area contributed by atoms with Crippen LogP contribution < -0.4 is 5.32 Å². The molecule has 3 heteroatoms. The minimum Gasteiger partial charge on any atom is -0.365 e. The van der Waals surface area contributed by atoms with Crippen molar-refractivity contribution in [3.63, 3.8) is 0 Å². The zero-order valence-electron chi connectivity index (χ0n) is 6.21. The number of rotatable bonds is 0. The van der Waals surface area contributed by atoms with E-state index in [1.165, 1.54) is 6.08 Å². The van der Waals surface area contributed by atoms with Crippen molar-refractivity contribution in [1.82, 2.24) is 5.32 Å². The van der Waals surface area contributed by atoms with E-state index >= 15 is 0 Å². The van der Waals surface area contributed by atoms with Crippen molar-refractivity contribution >= 4 is 5.84 Å². The number of amidine groups is 1. The lowest BCUT2D eigenvalue weighted by atomic mass is 10.0. The fourth-order valence-electron chi connectivity index (χ4n) is 1.39. The van der Waals surface area contributed by atoms with E-state index < -0.39 is 0 Å². The van der Waals surface area contributed by atoms with E-state index in [0.29, 0.717) is 0 Å². The van der Waals surface area contributed by atoms with Crippen LogP contribution >= 0.6 is 0 Å². The molecular formula is C8H9FN2. The Bertz CT molecular complexity index is 265. The molecule has 0 aromatic heterocycles. The largest absolute Gasteiger partial charge is 0.365 e. The summed E-state index contributed by atoms with van der Waals surface area (Å²) in [6.45, 7) is 1.89. The highest BCUT2D eigenvalue weighted by Gasteiger charge is 2.25. The van der Waals surface area contributed by atoms with E-state index in [0.717, 1.165) is 5.84 Å². The number of hydrogen-bond acceptors (Lipinski definition) is 2. The number of hydrogen-bond donors (Lipinski definition) is 1. The molecule has 0 fully saturated rings. The van der Waals surface area contributed by atoms with Crippen LogP contribution in [0.4, 0.5) is 4.39 Å². The maximum Gasteiger partial charge on any atom is 0.121 e. The first-order valence-corrected chi connectivity index (χ1v) is 3.62. The molecule has 0 bridgehead atoms. The lowest BCUT2D eigenvalue weighted by molar-refractivity contribution is 0.609. The maximum atomic E-state index is 12.6. The normalized spacial score (nSPS) is 34.0. The Labute approximate surface area is 64.5 Å². The van der Waals surface area contributed by atoms with Crippen molar-refractivity contribution in [1.29, 1.82) is 0 Å². The fraction of sp³-hybridized carbons (Fsp3) is 0.375. The summed E-state index contributed by atoms with van der Waals surface area (Å²) in [7, 11) is 0. The zero-order valence-corrected chi connectivity index (χ0v) is 6.21. The second-order valence-corrected chi connectivity index (χ2v) is 2.79. The molecule has 11 heavy (non-hydrogen) atoms. The van der Waals surface area contributed by atoms with E-state index in [-0.39, 0.29) is 17.9 Å². The van der Waals surface area contributed by atoms with Gasteiger partial charge in [0.1, 0.15) is 5.83 Å². The quantitative estimate of drug-likeness (QED) is 0.553. The molecule has 0 saturated carbocycles. The number of nitrogens with one attached hydrogen (secondary N) is 1. The molecule has 2 atom stereocenters. The van der Waals surface area contributed by atoms with Crippen LogP contribution in [0.5, 0.6) is 0 Å². The summed E-state index contributed by atoms with van der Waals surface area (Å²) in [6, 6.07) is 0.148. The zero-order chi connectivity index (χ0) is 7.84. The molecule has 0 amide bonds. The lowest BCUT2D eigenvalue weighted by Crippen LogP contribution is -2.32. The van der Waals surface area contributed by atoms with E-state index in [1.807, 2.05) is 6.92 Å². The van der Waals surface area contributed by atoms with Gasteiger partial charge in [0.25, 0.3) is 0 Å². The molecule has 2 nitrogen and oxygen atoms in total. The van der Waals surface area contributed by atoms with Crippen molar-refractivity contribution in [2.45, 2.75) is 19.0 Å². The molecule has 1 aliphatic carbocycles. The van der Waals surface area contributed by atoms with Crippen molar-refractivity contribution in [2.75, 3.05) is 0 Å². The van der Waals surface area contributed by atoms with Crippen molar-refractivity contribution < 1.29 is 4.39 Å². The van der Waals surface area contributed by atoms with E-state index in [4.69, 9.17) is 0 Å². The summed E-state index contributed by atoms with van der Waals surface area (Å²) in [5.41, 5.74) is 0. The van der Waals surface area contributed by atoms with E-state index in [9.17, 15) is 4.39 Å². The Hall–Kier alpha value is -1.12. The number of allylic oxidation sites excluding steroid dienone is 2. The van der Waals surface area contributed by atoms with Gasteiger partial charge < -0.3 is 5.32 Å². The summed E-state index contributed by atoms with van der Waals surface area (Å²) in [6.07, 6.45) is 4.80. The van der Waals surface area contributed by atoms with E-state index in [2.05, 4.69) is 10.3 Å². The third-order valence-corrected chi connectivity index (χ3v) is 1.88. The maximum absolute atomic E-state index is 12.6. The average molecular weight is 152 g/mol. The Balaban J connectivity index is 2.25. The molecule has 2 unspecified atom stereocenters. The van der Waals surface area contributed by atoms with Gasteiger partial charge in [-0.25, -0.2) is 4.39 Å². The minimum atomic E-state index is -0.177. The van der Waals surface area contributed by atoms with Gasteiger partial charge in [-0.15, -0.1) is 0 Å². The van der Waals surface area contributed by atoms with Crippen molar-refractivity contribution in [3.8, 4) is 0 Å². The second-order valence-electron chi connectivity index (χ2n) is 2.79. The number of aliphatic imine (C=N–C) groups is 1. The molecule has 0 aromatic carbocycles. The monoisotopic (exact) mass is 152 g/mol. The molecule has 2 aliphatic rings. The fourth-order valence-corrected chi connectivity index (χ4v) is 1.39. The molecule has 0 saturated heterocycles. The molecule has 0 spiro atoms. The highest BCUT2D eigenvalue weighted by molar-refractivity contribution is 5.82. The minimum absolute atomic E-state index is 0.0417. The van der Waals surface area contributed by atoms with Gasteiger partial charge >= 0.3 is 0 Å². The van der Waals surface area contributed by atoms with Gasteiger partial charge in [0.2, 0.25) is 0 Å². The van der Waals surface area contributed by atoms with Crippen LogP contribution in [0, 0.1) is 0 Å². The SMILES string of the molecule is CC1=NC2C=CC(F)=CC2N1. The smallest absolute Gasteiger partial charge is 0.121 e. The van der Waals surface area contributed by atoms with Gasteiger partial charge in [-0.1, -0.05) is 6.08 Å². The van der Waals surface area contributed by atoms with Crippen molar-refractivity contribution in [3.05, 3.63) is 24.1 Å². The van der Waals surface area contributed by atoms with Crippen LogP contribution in [0.1, 0.15) is 6.92 Å². The number of fused-ring (bicyclic) bond motifs is 1. The molecule has 58 valence electrons. The topological polar surface area (TPSA) is 24.4 Å². The summed E-state index contributed by atoms with van der Waals surface area (Å²) < 4.78 is 12.6. The van der Waals surface area contributed by atoms with E-state index in [1.54, 1.807) is 12.2 Å². The first kappa shape index (κ1) is 6.58. The van der Waals surface area contributed by atoms with Gasteiger partial charge in [0, 0.05) is 0 Å².